The first kappa shape index (κ1) is 13.3. The highest BCUT2D eigenvalue weighted by molar-refractivity contribution is 5.31. The van der Waals surface area contributed by atoms with E-state index in [1.807, 2.05) is 13.8 Å². The third kappa shape index (κ3) is 3.19. The van der Waals surface area contributed by atoms with Gasteiger partial charge in [0.05, 0.1) is 6.07 Å². The second-order valence-electron chi connectivity index (χ2n) is 4.64. The standard InChI is InChI=1S/C14H15FN2O2/c1-8(2)14-16-12(18)7-13(17-14)19-10-4-5-11(15)9(3)6-10/h4-8H,1-3H3,(H,16,17,18). The lowest BCUT2D eigenvalue weighted by Gasteiger charge is -2.08. The topological polar surface area (TPSA) is 55.0 Å². The monoisotopic (exact) mass is 262 g/mol. The summed E-state index contributed by atoms with van der Waals surface area (Å²) in [4.78, 5) is 18.3. The lowest BCUT2D eigenvalue weighted by atomic mass is 10.2. The SMILES string of the molecule is Cc1cc(Oc2cc(=O)[nH]c(C(C)C)n2)ccc1F. The fourth-order valence-electron chi connectivity index (χ4n) is 1.58. The molecule has 0 bridgehead atoms. The van der Waals surface area contributed by atoms with E-state index < -0.39 is 0 Å². The third-order valence-corrected chi connectivity index (χ3v) is 2.64. The lowest BCUT2D eigenvalue weighted by Crippen LogP contribution is -2.11. The van der Waals surface area contributed by atoms with Crippen molar-refractivity contribution in [3.8, 4) is 11.6 Å². The molecule has 2 rings (SSSR count). The summed E-state index contributed by atoms with van der Waals surface area (Å²) >= 11 is 0. The highest BCUT2D eigenvalue weighted by atomic mass is 19.1. The summed E-state index contributed by atoms with van der Waals surface area (Å²) in [5.41, 5.74) is 0.207. The zero-order chi connectivity index (χ0) is 14.0. The average molecular weight is 262 g/mol. The molecule has 0 amide bonds. The van der Waals surface area contributed by atoms with Crippen molar-refractivity contribution in [3.05, 3.63) is 51.8 Å². The summed E-state index contributed by atoms with van der Waals surface area (Å²) in [6, 6.07) is 5.65. The van der Waals surface area contributed by atoms with E-state index in [1.165, 1.54) is 18.2 Å². The van der Waals surface area contributed by atoms with Gasteiger partial charge in [-0.2, -0.15) is 4.98 Å². The summed E-state index contributed by atoms with van der Waals surface area (Å²) in [7, 11) is 0. The number of hydrogen-bond acceptors (Lipinski definition) is 3. The van der Waals surface area contributed by atoms with Crippen LogP contribution in [0.1, 0.15) is 31.2 Å². The van der Waals surface area contributed by atoms with Crippen LogP contribution in [-0.4, -0.2) is 9.97 Å². The first-order valence-electron chi connectivity index (χ1n) is 6.01. The number of rotatable bonds is 3. The van der Waals surface area contributed by atoms with Gasteiger partial charge in [0.2, 0.25) is 5.88 Å². The molecule has 0 unspecified atom stereocenters. The van der Waals surface area contributed by atoms with Gasteiger partial charge in [-0.1, -0.05) is 13.8 Å². The maximum atomic E-state index is 13.1. The van der Waals surface area contributed by atoms with Gasteiger partial charge in [-0.05, 0) is 30.7 Å². The van der Waals surface area contributed by atoms with Crippen molar-refractivity contribution in [1.29, 1.82) is 0 Å². The minimum absolute atomic E-state index is 0.0891. The van der Waals surface area contributed by atoms with Crippen LogP contribution in [0, 0.1) is 12.7 Å². The first-order chi connectivity index (χ1) is 8.95. The summed E-state index contributed by atoms with van der Waals surface area (Å²) < 4.78 is 18.6. The quantitative estimate of drug-likeness (QED) is 0.924. The van der Waals surface area contributed by atoms with Crippen molar-refractivity contribution in [1.82, 2.24) is 9.97 Å². The van der Waals surface area contributed by atoms with Crippen molar-refractivity contribution >= 4 is 0 Å². The smallest absolute Gasteiger partial charge is 0.254 e. The zero-order valence-electron chi connectivity index (χ0n) is 11.0. The summed E-state index contributed by atoms with van der Waals surface area (Å²) in [5.74, 6) is 1.01. The van der Waals surface area contributed by atoms with E-state index in [2.05, 4.69) is 9.97 Å². The van der Waals surface area contributed by atoms with Crippen molar-refractivity contribution in [2.75, 3.05) is 0 Å². The van der Waals surface area contributed by atoms with Crippen LogP contribution < -0.4 is 10.3 Å². The van der Waals surface area contributed by atoms with Gasteiger partial charge in [-0.25, -0.2) is 4.39 Å². The Hall–Kier alpha value is -2.17. The molecule has 0 spiro atoms. The molecule has 0 fully saturated rings. The van der Waals surface area contributed by atoms with Crippen molar-refractivity contribution in [2.24, 2.45) is 0 Å². The molecule has 0 aliphatic heterocycles. The number of hydrogen-bond donors (Lipinski definition) is 1. The fraction of sp³-hybridized carbons (Fsp3) is 0.286. The minimum atomic E-state index is -0.297. The number of nitrogens with zero attached hydrogens (tertiary/aromatic N) is 1. The molecule has 0 aliphatic carbocycles. The molecule has 1 heterocycles. The van der Waals surface area contributed by atoms with Crippen LogP contribution >= 0.6 is 0 Å². The molecule has 5 heteroatoms. The van der Waals surface area contributed by atoms with E-state index in [-0.39, 0.29) is 23.2 Å². The predicted molar refractivity (Wildman–Crippen MR) is 70.2 cm³/mol. The van der Waals surface area contributed by atoms with Gasteiger partial charge in [0, 0.05) is 5.92 Å². The number of H-pyrrole nitrogens is 1. The van der Waals surface area contributed by atoms with Crippen LogP contribution in [0.2, 0.25) is 0 Å². The van der Waals surface area contributed by atoms with Gasteiger partial charge < -0.3 is 9.72 Å². The van der Waals surface area contributed by atoms with E-state index in [0.717, 1.165) is 0 Å². The predicted octanol–water partition coefficient (Wildman–Crippen LogP) is 3.13. The van der Waals surface area contributed by atoms with Crippen LogP contribution in [0.5, 0.6) is 11.6 Å². The fourth-order valence-corrected chi connectivity index (χ4v) is 1.58. The van der Waals surface area contributed by atoms with E-state index in [4.69, 9.17) is 4.74 Å². The number of ether oxygens (including phenoxy) is 1. The van der Waals surface area contributed by atoms with Crippen LogP contribution in [0.15, 0.2) is 29.1 Å². The van der Waals surface area contributed by atoms with E-state index in [1.54, 1.807) is 13.0 Å². The molecule has 100 valence electrons. The molecule has 1 aromatic carbocycles. The molecule has 0 radical (unpaired) electrons. The normalized spacial score (nSPS) is 10.8. The molecule has 0 atom stereocenters. The summed E-state index contributed by atoms with van der Waals surface area (Å²) in [5, 5.41) is 0. The molecule has 19 heavy (non-hydrogen) atoms. The molecule has 1 aromatic heterocycles. The molecule has 0 aliphatic rings. The average Bonchev–Trinajstić information content (AvgIpc) is 2.33. The minimum Gasteiger partial charge on any atom is -0.439 e. The number of aromatic amines is 1. The van der Waals surface area contributed by atoms with E-state index in [0.29, 0.717) is 17.1 Å². The maximum Gasteiger partial charge on any atom is 0.254 e. The second-order valence-corrected chi connectivity index (χ2v) is 4.64. The Balaban J connectivity index is 2.32. The molecule has 2 aromatic rings. The van der Waals surface area contributed by atoms with Crippen LogP contribution in [-0.2, 0) is 0 Å². The maximum absolute atomic E-state index is 13.1. The van der Waals surface area contributed by atoms with Crippen molar-refractivity contribution in [2.45, 2.75) is 26.7 Å². The van der Waals surface area contributed by atoms with Crippen LogP contribution in [0.4, 0.5) is 4.39 Å². The Morgan fingerprint density at radius 3 is 2.68 bits per heavy atom. The highest BCUT2D eigenvalue weighted by Crippen LogP contribution is 2.21. The molecular formula is C14H15FN2O2. The molecular weight excluding hydrogens is 247 g/mol. The van der Waals surface area contributed by atoms with Gasteiger partial charge >= 0.3 is 0 Å². The van der Waals surface area contributed by atoms with Gasteiger partial charge in [0.15, 0.2) is 0 Å². The summed E-state index contributed by atoms with van der Waals surface area (Å²) in [6.07, 6.45) is 0. The number of halogens is 1. The zero-order valence-corrected chi connectivity index (χ0v) is 11.0. The van der Waals surface area contributed by atoms with Crippen molar-refractivity contribution in [3.63, 3.8) is 0 Å². The Morgan fingerprint density at radius 2 is 2.05 bits per heavy atom. The van der Waals surface area contributed by atoms with Gasteiger partial charge in [-0.3, -0.25) is 4.79 Å². The van der Waals surface area contributed by atoms with E-state index >= 15 is 0 Å². The Bertz CT molecular complexity index is 650. The van der Waals surface area contributed by atoms with Crippen LogP contribution in [0.3, 0.4) is 0 Å². The Morgan fingerprint density at radius 1 is 1.32 bits per heavy atom. The van der Waals surface area contributed by atoms with Crippen LogP contribution in [0.25, 0.3) is 0 Å². The number of aryl methyl sites for hydroxylation is 1. The first-order valence-corrected chi connectivity index (χ1v) is 6.01. The number of aromatic nitrogens is 2. The summed E-state index contributed by atoms with van der Waals surface area (Å²) in [6.45, 7) is 5.49. The number of benzene rings is 1. The number of nitrogens with one attached hydrogen (secondary N) is 1. The Labute approximate surface area is 110 Å². The van der Waals surface area contributed by atoms with Gasteiger partial charge in [0.25, 0.3) is 5.56 Å². The lowest BCUT2D eigenvalue weighted by molar-refractivity contribution is 0.453. The highest BCUT2D eigenvalue weighted by Gasteiger charge is 2.07. The molecule has 0 saturated heterocycles. The largest absolute Gasteiger partial charge is 0.439 e. The van der Waals surface area contributed by atoms with E-state index in [9.17, 15) is 9.18 Å². The molecule has 1 N–H and O–H groups in total. The molecule has 4 nitrogen and oxygen atoms in total. The Kier molecular flexibility index (Phi) is 3.64. The second kappa shape index (κ2) is 5.22. The van der Waals surface area contributed by atoms with Crippen molar-refractivity contribution < 1.29 is 9.13 Å². The third-order valence-electron chi connectivity index (χ3n) is 2.64. The van der Waals surface area contributed by atoms with Gasteiger partial charge in [0.1, 0.15) is 17.4 Å². The van der Waals surface area contributed by atoms with Gasteiger partial charge in [-0.15, -0.1) is 0 Å². The molecule has 0 saturated carbocycles.